The summed E-state index contributed by atoms with van der Waals surface area (Å²) in [6.45, 7) is 6.14. The van der Waals surface area contributed by atoms with E-state index in [1.165, 1.54) is 0 Å². The molecule has 0 fully saturated rings. The lowest BCUT2D eigenvalue weighted by Gasteiger charge is -2.21. The molecule has 1 aromatic heterocycles. The molecule has 7 nitrogen and oxygen atoms in total. The number of benzene rings is 2. The Morgan fingerprint density at radius 3 is 2.59 bits per heavy atom. The van der Waals surface area contributed by atoms with Crippen LogP contribution in [0.1, 0.15) is 26.2 Å². The van der Waals surface area contributed by atoms with Crippen LogP contribution in [0.3, 0.4) is 0 Å². The molecule has 0 aliphatic rings. The van der Waals surface area contributed by atoms with Crippen molar-refractivity contribution in [2.24, 2.45) is 0 Å². The third kappa shape index (κ3) is 5.34. The minimum Gasteiger partial charge on any atom is -0.497 e. The van der Waals surface area contributed by atoms with Crippen LogP contribution in [0.15, 0.2) is 53.1 Å². The fourth-order valence-electron chi connectivity index (χ4n) is 3.02. The van der Waals surface area contributed by atoms with Gasteiger partial charge in [-0.05, 0) is 50.2 Å². The summed E-state index contributed by atoms with van der Waals surface area (Å²) in [6.07, 6.45) is 0.637. The summed E-state index contributed by atoms with van der Waals surface area (Å²) in [4.78, 5) is 18.9. The van der Waals surface area contributed by atoms with E-state index in [4.69, 9.17) is 9.26 Å². The Labute approximate surface area is 170 Å². The molecule has 0 bridgehead atoms. The maximum Gasteiger partial charge on any atom is 0.227 e. The average molecular weight is 394 g/mol. The lowest BCUT2D eigenvalue weighted by molar-refractivity contribution is -0.116. The Morgan fingerprint density at radius 2 is 1.90 bits per heavy atom. The van der Waals surface area contributed by atoms with E-state index < -0.39 is 0 Å². The standard InChI is InChI=1S/C22H26N4O3/c1-4-26(5-2)18-11-9-17(10-12-18)23-20(27)13-14-21-24-22(25-29-21)16-7-6-8-19(15-16)28-3/h6-12,15H,4-5,13-14H2,1-3H3,(H,23,27). The van der Waals surface area contributed by atoms with Crippen LogP contribution in [0.5, 0.6) is 5.75 Å². The summed E-state index contributed by atoms with van der Waals surface area (Å²) in [5.41, 5.74) is 2.72. The SMILES string of the molecule is CCN(CC)c1ccc(NC(=O)CCc2nc(-c3cccc(OC)c3)no2)cc1. The molecule has 1 N–H and O–H groups in total. The summed E-state index contributed by atoms with van der Waals surface area (Å²) < 4.78 is 10.5. The molecule has 2 aromatic carbocycles. The number of hydrogen-bond acceptors (Lipinski definition) is 6. The normalized spacial score (nSPS) is 10.6. The average Bonchev–Trinajstić information content (AvgIpc) is 3.23. The first-order valence-electron chi connectivity index (χ1n) is 9.74. The van der Waals surface area contributed by atoms with Crippen LogP contribution in [-0.4, -0.2) is 36.2 Å². The van der Waals surface area contributed by atoms with E-state index in [0.29, 0.717) is 18.1 Å². The van der Waals surface area contributed by atoms with Crippen LogP contribution in [0.4, 0.5) is 11.4 Å². The highest BCUT2D eigenvalue weighted by molar-refractivity contribution is 5.90. The number of carbonyl (C=O) groups is 1. The molecule has 0 spiro atoms. The Kier molecular flexibility index (Phi) is 6.84. The van der Waals surface area contributed by atoms with Crippen LogP contribution < -0.4 is 15.0 Å². The maximum absolute atomic E-state index is 12.2. The molecule has 152 valence electrons. The second-order valence-corrected chi connectivity index (χ2v) is 6.51. The zero-order chi connectivity index (χ0) is 20.6. The van der Waals surface area contributed by atoms with Crippen LogP contribution in [0.2, 0.25) is 0 Å². The van der Waals surface area contributed by atoms with Gasteiger partial charge in [0.1, 0.15) is 5.75 Å². The molecular weight excluding hydrogens is 368 g/mol. The van der Waals surface area contributed by atoms with Gasteiger partial charge < -0.3 is 19.5 Å². The fourth-order valence-corrected chi connectivity index (χ4v) is 3.02. The van der Waals surface area contributed by atoms with Crippen molar-refractivity contribution in [3.63, 3.8) is 0 Å². The quantitative estimate of drug-likeness (QED) is 0.587. The van der Waals surface area contributed by atoms with Gasteiger partial charge >= 0.3 is 0 Å². The summed E-state index contributed by atoms with van der Waals surface area (Å²) in [5, 5.41) is 6.89. The molecule has 1 heterocycles. The third-order valence-corrected chi connectivity index (χ3v) is 4.64. The molecule has 0 atom stereocenters. The first kappa shape index (κ1) is 20.4. The van der Waals surface area contributed by atoms with Gasteiger partial charge in [-0.1, -0.05) is 17.3 Å². The van der Waals surface area contributed by atoms with E-state index in [-0.39, 0.29) is 12.3 Å². The van der Waals surface area contributed by atoms with Gasteiger partial charge in [0, 0.05) is 42.9 Å². The van der Waals surface area contributed by atoms with E-state index in [2.05, 4.69) is 34.2 Å². The van der Waals surface area contributed by atoms with Gasteiger partial charge in [0.05, 0.1) is 7.11 Å². The predicted octanol–water partition coefficient (Wildman–Crippen LogP) is 4.16. The highest BCUT2D eigenvalue weighted by Gasteiger charge is 2.12. The maximum atomic E-state index is 12.2. The van der Waals surface area contributed by atoms with Crippen molar-refractivity contribution in [3.8, 4) is 17.1 Å². The molecule has 0 radical (unpaired) electrons. The number of aryl methyl sites for hydroxylation is 1. The van der Waals surface area contributed by atoms with Crippen molar-refractivity contribution in [3.05, 3.63) is 54.4 Å². The number of nitrogens with one attached hydrogen (secondary N) is 1. The van der Waals surface area contributed by atoms with E-state index in [1.54, 1.807) is 7.11 Å². The smallest absolute Gasteiger partial charge is 0.227 e. The second kappa shape index (κ2) is 9.73. The van der Waals surface area contributed by atoms with E-state index in [9.17, 15) is 4.79 Å². The monoisotopic (exact) mass is 394 g/mol. The number of anilines is 2. The Morgan fingerprint density at radius 1 is 1.14 bits per heavy atom. The summed E-state index contributed by atoms with van der Waals surface area (Å²) in [5.74, 6) is 1.53. The summed E-state index contributed by atoms with van der Waals surface area (Å²) in [7, 11) is 1.61. The van der Waals surface area contributed by atoms with Crippen molar-refractivity contribution in [2.45, 2.75) is 26.7 Å². The molecule has 0 saturated heterocycles. The van der Waals surface area contributed by atoms with Crippen molar-refractivity contribution < 1.29 is 14.1 Å². The molecule has 29 heavy (non-hydrogen) atoms. The van der Waals surface area contributed by atoms with E-state index in [0.717, 1.165) is 35.8 Å². The molecule has 0 aliphatic heterocycles. The predicted molar refractivity (Wildman–Crippen MR) is 113 cm³/mol. The van der Waals surface area contributed by atoms with Crippen molar-refractivity contribution in [1.29, 1.82) is 0 Å². The topological polar surface area (TPSA) is 80.5 Å². The molecule has 7 heteroatoms. The van der Waals surface area contributed by atoms with Crippen molar-refractivity contribution >= 4 is 17.3 Å². The number of methoxy groups -OCH3 is 1. The molecule has 0 aliphatic carbocycles. The van der Waals surface area contributed by atoms with Crippen LogP contribution >= 0.6 is 0 Å². The van der Waals surface area contributed by atoms with E-state index in [1.807, 2.05) is 48.5 Å². The van der Waals surface area contributed by atoms with Gasteiger partial charge in [0.2, 0.25) is 17.6 Å². The van der Waals surface area contributed by atoms with Crippen LogP contribution in [0, 0.1) is 0 Å². The van der Waals surface area contributed by atoms with Gasteiger partial charge in [-0.25, -0.2) is 0 Å². The first-order chi connectivity index (χ1) is 14.1. The third-order valence-electron chi connectivity index (χ3n) is 4.64. The Bertz CT molecular complexity index is 933. The Hall–Kier alpha value is -3.35. The number of ether oxygens (including phenoxy) is 1. The first-order valence-corrected chi connectivity index (χ1v) is 9.74. The largest absolute Gasteiger partial charge is 0.497 e. The summed E-state index contributed by atoms with van der Waals surface area (Å²) >= 11 is 0. The lowest BCUT2D eigenvalue weighted by atomic mass is 10.2. The lowest BCUT2D eigenvalue weighted by Crippen LogP contribution is -2.21. The minimum atomic E-state index is -0.0956. The van der Waals surface area contributed by atoms with Gasteiger partial charge in [-0.3, -0.25) is 4.79 Å². The highest BCUT2D eigenvalue weighted by atomic mass is 16.5. The molecule has 0 unspecified atom stereocenters. The number of hydrogen-bond donors (Lipinski definition) is 1. The number of nitrogens with zero attached hydrogens (tertiary/aromatic N) is 3. The zero-order valence-electron chi connectivity index (χ0n) is 17.0. The van der Waals surface area contributed by atoms with Gasteiger partial charge in [-0.15, -0.1) is 0 Å². The molecule has 3 aromatic rings. The minimum absolute atomic E-state index is 0.0956. The van der Waals surface area contributed by atoms with Crippen LogP contribution in [0.25, 0.3) is 11.4 Å². The number of aromatic nitrogens is 2. The van der Waals surface area contributed by atoms with Gasteiger partial charge in [0.25, 0.3) is 0 Å². The number of amides is 1. The van der Waals surface area contributed by atoms with Crippen LogP contribution in [-0.2, 0) is 11.2 Å². The zero-order valence-corrected chi connectivity index (χ0v) is 17.0. The van der Waals surface area contributed by atoms with E-state index >= 15 is 0 Å². The van der Waals surface area contributed by atoms with Gasteiger partial charge in [0.15, 0.2) is 0 Å². The number of carbonyl (C=O) groups excluding carboxylic acids is 1. The van der Waals surface area contributed by atoms with Crippen molar-refractivity contribution in [2.75, 3.05) is 30.4 Å². The summed E-state index contributed by atoms with van der Waals surface area (Å²) in [6, 6.07) is 15.3. The molecule has 0 saturated carbocycles. The highest BCUT2D eigenvalue weighted by Crippen LogP contribution is 2.22. The van der Waals surface area contributed by atoms with Gasteiger partial charge in [-0.2, -0.15) is 4.98 Å². The van der Waals surface area contributed by atoms with Crippen molar-refractivity contribution in [1.82, 2.24) is 10.1 Å². The molecule has 3 rings (SSSR count). The Balaban J connectivity index is 1.54. The molecule has 1 amide bonds. The number of rotatable bonds is 9. The fraction of sp³-hybridized carbons (Fsp3) is 0.318. The molecular formula is C22H26N4O3. The second-order valence-electron chi connectivity index (χ2n) is 6.51.